The average molecular weight is 530 g/mol. The normalized spacial score (nSPS) is 14.1. The number of rotatable bonds is 8. The Kier molecular flexibility index (Phi) is 7.38. The molecule has 0 unspecified atom stereocenters. The van der Waals surface area contributed by atoms with E-state index >= 15 is 0 Å². The van der Waals surface area contributed by atoms with Crippen LogP contribution in [0.15, 0.2) is 50.9 Å². The molecule has 2 aromatic carbocycles. The number of fused-ring (bicyclic) bond motifs is 2. The molecular formula is C23H23N5O8S. The summed E-state index contributed by atoms with van der Waals surface area (Å²) in [5.74, 6) is -0.143. The van der Waals surface area contributed by atoms with E-state index in [1.54, 1.807) is 12.1 Å². The first-order chi connectivity index (χ1) is 17.5. The van der Waals surface area contributed by atoms with Crippen molar-refractivity contribution in [3.8, 4) is 11.5 Å². The van der Waals surface area contributed by atoms with E-state index in [-0.39, 0.29) is 23.8 Å². The number of aliphatic hydroxyl groups excluding tert-OH is 4. The van der Waals surface area contributed by atoms with Gasteiger partial charge in [0, 0.05) is 29.0 Å². The maximum atomic E-state index is 13.4. The molecule has 0 saturated heterocycles. The number of nitro groups is 1. The zero-order valence-electron chi connectivity index (χ0n) is 19.7. The van der Waals surface area contributed by atoms with Crippen LogP contribution in [0, 0.1) is 24.0 Å². The minimum atomic E-state index is -1.72. The highest BCUT2D eigenvalue weighted by Gasteiger charge is 2.28. The molecule has 0 spiro atoms. The molecule has 0 fully saturated rings. The molecule has 194 valence electrons. The first-order valence-electron chi connectivity index (χ1n) is 11.0. The van der Waals surface area contributed by atoms with Gasteiger partial charge in [-0.2, -0.15) is 8.96 Å². The fourth-order valence-corrected chi connectivity index (χ4v) is 4.50. The Labute approximate surface area is 212 Å². The third-order valence-corrected chi connectivity index (χ3v) is 6.92. The van der Waals surface area contributed by atoms with Crippen molar-refractivity contribution < 1.29 is 25.3 Å². The van der Waals surface area contributed by atoms with Crippen molar-refractivity contribution in [1.82, 2.24) is 18.5 Å². The Morgan fingerprint density at radius 3 is 2.30 bits per heavy atom. The van der Waals surface area contributed by atoms with Gasteiger partial charge in [0.2, 0.25) is 0 Å². The van der Waals surface area contributed by atoms with E-state index in [2.05, 4.69) is 9.97 Å². The van der Waals surface area contributed by atoms with Crippen LogP contribution in [-0.2, 0) is 6.54 Å². The highest BCUT2D eigenvalue weighted by Crippen LogP contribution is 2.26. The van der Waals surface area contributed by atoms with E-state index in [1.807, 2.05) is 13.8 Å². The summed E-state index contributed by atoms with van der Waals surface area (Å²) in [6.45, 7) is 2.53. The SMILES string of the molecule is Cc1cc2nc3c(=O)n(Sc4ccc([N+](=O)[O-])cc4)c(=O)nc-3n(C[C@@H](O)[C@H](O)[C@H](O)CO)c2cc1C. The number of nitro benzene ring substituents is 1. The van der Waals surface area contributed by atoms with Crippen molar-refractivity contribution in [2.45, 2.75) is 43.6 Å². The van der Waals surface area contributed by atoms with E-state index in [0.717, 1.165) is 27.0 Å². The van der Waals surface area contributed by atoms with E-state index in [1.165, 1.54) is 28.8 Å². The molecule has 0 amide bonds. The summed E-state index contributed by atoms with van der Waals surface area (Å²) in [4.78, 5) is 45.5. The van der Waals surface area contributed by atoms with Crippen LogP contribution in [0.5, 0.6) is 0 Å². The lowest BCUT2D eigenvalue weighted by Gasteiger charge is -2.25. The summed E-state index contributed by atoms with van der Waals surface area (Å²) >= 11 is 0.726. The predicted molar refractivity (Wildman–Crippen MR) is 134 cm³/mol. The number of nitrogens with zero attached hydrogens (tertiary/aromatic N) is 5. The van der Waals surface area contributed by atoms with Crippen molar-refractivity contribution >= 4 is 28.7 Å². The lowest BCUT2D eigenvalue weighted by molar-refractivity contribution is -0.384. The maximum absolute atomic E-state index is 13.4. The lowest BCUT2D eigenvalue weighted by atomic mass is 10.1. The van der Waals surface area contributed by atoms with Gasteiger partial charge in [0.15, 0.2) is 11.5 Å². The van der Waals surface area contributed by atoms with Gasteiger partial charge in [0.25, 0.3) is 11.2 Å². The van der Waals surface area contributed by atoms with Crippen LogP contribution < -0.4 is 11.2 Å². The van der Waals surface area contributed by atoms with E-state index in [0.29, 0.717) is 15.9 Å². The van der Waals surface area contributed by atoms with E-state index in [4.69, 9.17) is 5.11 Å². The Hall–Kier alpha value is -3.69. The molecule has 4 N–H and O–H groups in total. The second kappa shape index (κ2) is 10.4. The monoisotopic (exact) mass is 529 g/mol. The smallest absolute Gasteiger partial charge is 0.363 e. The second-order valence-corrected chi connectivity index (χ2v) is 9.48. The number of hydrogen-bond acceptors (Lipinski definition) is 11. The molecule has 2 heterocycles. The van der Waals surface area contributed by atoms with Crippen LogP contribution in [0.2, 0.25) is 0 Å². The molecule has 0 aliphatic carbocycles. The quantitative estimate of drug-likeness (QED) is 0.138. The summed E-state index contributed by atoms with van der Waals surface area (Å²) < 4.78 is 2.14. The molecule has 0 saturated carbocycles. The van der Waals surface area contributed by atoms with Crippen LogP contribution in [0.25, 0.3) is 22.6 Å². The predicted octanol–water partition coefficient (Wildman–Crippen LogP) is 0.213. The van der Waals surface area contributed by atoms with Gasteiger partial charge >= 0.3 is 5.69 Å². The van der Waals surface area contributed by atoms with Crippen molar-refractivity contribution in [2.75, 3.05) is 6.61 Å². The molecule has 2 aliphatic rings. The molecule has 0 aromatic heterocycles. The van der Waals surface area contributed by atoms with Gasteiger partial charge in [0.05, 0.1) is 29.1 Å². The van der Waals surface area contributed by atoms with Crippen molar-refractivity contribution in [3.63, 3.8) is 0 Å². The zero-order chi connectivity index (χ0) is 27.0. The third-order valence-electron chi connectivity index (χ3n) is 5.93. The van der Waals surface area contributed by atoms with Gasteiger partial charge in [-0.25, -0.2) is 9.78 Å². The number of benzene rings is 2. The summed E-state index contributed by atoms with van der Waals surface area (Å²) in [7, 11) is 0. The molecular weight excluding hydrogens is 506 g/mol. The van der Waals surface area contributed by atoms with Crippen LogP contribution in [0.4, 0.5) is 5.69 Å². The molecule has 14 heteroatoms. The first-order valence-corrected chi connectivity index (χ1v) is 11.8. The number of non-ortho nitro benzene ring substituents is 1. The Bertz CT molecular complexity index is 1570. The van der Waals surface area contributed by atoms with Crippen LogP contribution >= 0.6 is 11.9 Å². The van der Waals surface area contributed by atoms with Gasteiger partial charge < -0.3 is 25.0 Å². The van der Waals surface area contributed by atoms with E-state index in [9.17, 15) is 35.0 Å². The number of aromatic nitrogens is 4. The standard InChI is InChI=1S/C23H23N5O8S/c1-11-7-15-16(8-12(11)2)26(9-17(30)20(32)18(31)10-29)21-19(24-15)22(33)27(23(34)25-21)37-14-5-3-13(4-6-14)28(35)36/h3-8,17-18,20,29-32H,9-10H2,1-2H3/t17-,18-,20+/m1/s1. The highest BCUT2D eigenvalue weighted by molar-refractivity contribution is 7.97. The minimum Gasteiger partial charge on any atom is -0.394 e. The van der Waals surface area contributed by atoms with Gasteiger partial charge in [-0.05, 0) is 49.2 Å². The summed E-state index contributed by atoms with van der Waals surface area (Å²) in [5, 5.41) is 50.5. The Balaban J connectivity index is 1.89. The fourth-order valence-electron chi connectivity index (χ4n) is 3.74. The van der Waals surface area contributed by atoms with E-state index < -0.39 is 41.1 Å². The van der Waals surface area contributed by atoms with Gasteiger partial charge in [0.1, 0.15) is 18.3 Å². The van der Waals surface area contributed by atoms with Crippen molar-refractivity contribution in [1.29, 1.82) is 0 Å². The fraction of sp³-hybridized carbons (Fsp3) is 0.304. The van der Waals surface area contributed by atoms with Gasteiger partial charge in [-0.3, -0.25) is 14.9 Å². The number of hydrogen-bond donors (Lipinski definition) is 4. The summed E-state index contributed by atoms with van der Waals surface area (Å²) in [5.41, 5.74) is 0.449. The van der Waals surface area contributed by atoms with Crippen molar-refractivity contribution in [2.24, 2.45) is 0 Å². The maximum Gasteiger partial charge on any atom is 0.363 e. The molecule has 2 aliphatic heterocycles. The molecule has 13 nitrogen and oxygen atoms in total. The summed E-state index contributed by atoms with van der Waals surface area (Å²) in [6.07, 6.45) is -4.92. The second-order valence-electron chi connectivity index (χ2n) is 8.46. The van der Waals surface area contributed by atoms with Crippen LogP contribution in [0.3, 0.4) is 0 Å². The summed E-state index contributed by atoms with van der Waals surface area (Å²) in [6, 6.07) is 8.73. The zero-order valence-corrected chi connectivity index (χ0v) is 20.5. The van der Waals surface area contributed by atoms with Crippen LogP contribution in [-0.4, -0.2) is 68.8 Å². The number of aryl methyl sites for hydroxylation is 2. The molecule has 2 aromatic rings. The topological polar surface area (TPSA) is 194 Å². The Morgan fingerprint density at radius 1 is 1.03 bits per heavy atom. The van der Waals surface area contributed by atoms with Crippen molar-refractivity contribution in [3.05, 3.63) is 78.5 Å². The van der Waals surface area contributed by atoms with Gasteiger partial charge in [-0.15, -0.1) is 0 Å². The molecule has 4 rings (SSSR count). The van der Waals surface area contributed by atoms with Gasteiger partial charge in [-0.1, -0.05) is 0 Å². The Morgan fingerprint density at radius 2 is 1.68 bits per heavy atom. The molecule has 0 bridgehead atoms. The molecule has 37 heavy (non-hydrogen) atoms. The first kappa shape index (κ1) is 26.4. The van der Waals surface area contributed by atoms with Crippen LogP contribution in [0.1, 0.15) is 11.1 Å². The molecule has 0 radical (unpaired) electrons. The largest absolute Gasteiger partial charge is 0.394 e. The number of aliphatic hydroxyl groups is 4. The third kappa shape index (κ3) is 5.10. The lowest BCUT2D eigenvalue weighted by Crippen LogP contribution is -2.42. The highest BCUT2D eigenvalue weighted by atomic mass is 32.2. The molecule has 3 atom stereocenters. The minimum absolute atomic E-state index is 0.143. The average Bonchev–Trinajstić information content (AvgIpc) is 2.87.